The molecule has 0 unspecified atom stereocenters. The third-order valence-corrected chi connectivity index (χ3v) is 6.74. The minimum atomic E-state index is -3.77. The van der Waals surface area contributed by atoms with E-state index >= 15 is 0 Å². The van der Waals surface area contributed by atoms with Crippen LogP contribution in [-0.2, 0) is 23.8 Å². The van der Waals surface area contributed by atoms with E-state index in [-0.39, 0.29) is 32.0 Å². The molecule has 446 valence electrons. The van der Waals surface area contributed by atoms with Crippen molar-refractivity contribution in [2.45, 2.75) is 209 Å². The number of rotatable bonds is 12. The molecule has 1 aromatic rings. The molecule has 0 fully saturated rings. The van der Waals surface area contributed by atoms with E-state index < -0.39 is 61.4 Å². The summed E-state index contributed by atoms with van der Waals surface area (Å²) in [5.41, 5.74) is -0.141. The Morgan fingerprint density at radius 2 is 0.986 bits per heavy atom. The Morgan fingerprint density at radius 1 is 0.685 bits per heavy atom. The Hall–Kier alpha value is 0.310. The predicted molar refractivity (Wildman–Crippen MR) is 344 cm³/mol. The molecule has 11 N–H and O–H groups in total. The Balaban J connectivity index is -0.0000000683. The van der Waals surface area contributed by atoms with Crippen molar-refractivity contribution in [3.05, 3.63) is 29.8 Å². The van der Waals surface area contributed by atoms with Gasteiger partial charge >= 0.3 is 12.1 Å². The highest BCUT2D eigenvalue weighted by Gasteiger charge is 2.22. The molecule has 0 radical (unpaired) electrons. The van der Waals surface area contributed by atoms with E-state index in [0.29, 0.717) is 25.9 Å². The molecule has 0 spiro atoms. The van der Waals surface area contributed by atoms with E-state index in [4.69, 9.17) is 50.6 Å². The predicted octanol–water partition coefficient (Wildman–Crippen LogP) is 10.9. The number of hydrogen-bond acceptors (Lipinski definition) is 16. The van der Waals surface area contributed by atoms with E-state index in [9.17, 15) is 28.2 Å². The molecule has 17 nitrogen and oxygen atoms in total. The molecule has 73 heavy (non-hydrogen) atoms. The van der Waals surface area contributed by atoms with Crippen molar-refractivity contribution in [2.75, 3.05) is 56.5 Å². The van der Waals surface area contributed by atoms with E-state index in [2.05, 4.69) is 123 Å². The van der Waals surface area contributed by atoms with E-state index in [1.807, 2.05) is 46.3 Å². The van der Waals surface area contributed by atoms with Crippen molar-refractivity contribution in [1.82, 2.24) is 5.32 Å². The molecule has 0 saturated heterocycles. The van der Waals surface area contributed by atoms with Crippen LogP contribution in [0.5, 0.6) is 0 Å². The fourth-order valence-electron chi connectivity index (χ4n) is 2.33. The fraction of sp³-hybridized carbons (Fsp3) is 0.820. The van der Waals surface area contributed by atoms with Crippen LogP contribution in [0.2, 0.25) is 0 Å². The second-order valence-electron chi connectivity index (χ2n) is 19.1. The first-order chi connectivity index (χ1) is 32.0. The summed E-state index contributed by atoms with van der Waals surface area (Å²) in [5, 5.41) is 80.3. The van der Waals surface area contributed by atoms with Crippen molar-refractivity contribution in [3.8, 4) is 6.07 Å². The molecule has 0 bridgehead atoms. The number of thioether (sulfide) groups is 1. The number of nitrogens with one attached hydrogen (secondary N) is 1. The highest BCUT2D eigenvalue weighted by molar-refractivity contribution is 14.1. The first kappa shape index (κ1) is 98.7. The quantitative estimate of drug-likeness (QED) is 0.0528. The topological polar surface area (TPSA) is 310 Å². The van der Waals surface area contributed by atoms with E-state index in [1.165, 1.54) is 57.5 Å². The molecule has 0 aliphatic carbocycles. The van der Waals surface area contributed by atoms with Crippen LogP contribution in [0.1, 0.15) is 164 Å². The van der Waals surface area contributed by atoms with Gasteiger partial charge in [-0.2, -0.15) is 25.4 Å². The summed E-state index contributed by atoms with van der Waals surface area (Å²) in [6.45, 7) is 34.9. The molecule has 0 aliphatic heterocycles. The number of carboxylic acids is 1. The fourth-order valence-corrected chi connectivity index (χ4v) is 3.38. The number of halogens is 4. The number of carbonyl (C=O) groups excluding carboxylic acids is 1. The standard InChI is InChI=1S/C11H16O4S.C10H21NO3.C5H13NO.C5H9NO.C4H8O3.C4H10O2.4C2H5I.C2H6S.CH4/c1-9-4-6-10(7-5-9)16(13,14)15-8-11(2,3)12;1-9(2,3)14-8(12)11-7-6-10(4,5)13;2*1-5(2,7)3-4-6;1-4(2,7)3(5)6;1-4(2,6)3-5;4*1-2-3;1-3-2;/h4-7,12H,8H2,1-3H3;13H,6-7H2,1-5H3,(H,11,12);7H,3-4,6H2,1-2H3;7H,3H2,1-2H3;7H,1-2H3,(H,5,6);5-6H,3H2,1-2H3;4*2H2,1H3;1-2H3;1H4. The molecular formula is C50H107I4N3O14S2. The summed E-state index contributed by atoms with van der Waals surface area (Å²) in [7, 11) is -3.77. The SMILES string of the molecule is C.CC(C)(O)C(=O)O.CC(C)(O)CC#N.CC(C)(O)CCN.CC(C)(O)CCNC(=O)OC(C)(C)C.CC(C)(O)CO.CCI.CCI.CCI.CCI.CSC.Cc1ccc(S(=O)(=O)OCC(C)(C)O)cc1. The number of amides is 1. The zero-order valence-corrected chi connectivity index (χ0v) is 58.2. The number of nitriles is 1. The van der Waals surface area contributed by atoms with Gasteiger partial charge in [-0.3, -0.25) is 4.18 Å². The molecule has 23 heteroatoms. The summed E-state index contributed by atoms with van der Waals surface area (Å²) in [6.07, 6.45) is 5.02. The second kappa shape index (κ2) is 57.0. The van der Waals surface area contributed by atoms with Crippen molar-refractivity contribution in [1.29, 1.82) is 5.26 Å². The Morgan fingerprint density at radius 3 is 1.15 bits per heavy atom. The molecule has 1 aromatic carbocycles. The number of aliphatic carboxylic acids is 1. The van der Waals surface area contributed by atoms with Crippen molar-refractivity contribution in [3.63, 3.8) is 0 Å². The molecule has 1 amide bonds. The highest BCUT2D eigenvalue weighted by Crippen LogP contribution is 2.15. The third-order valence-electron chi connectivity index (χ3n) is 5.46. The van der Waals surface area contributed by atoms with Crippen LogP contribution in [0.4, 0.5) is 4.79 Å². The smallest absolute Gasteiger partial charge is 0.407 e. The number of carboxylic acid groups (broad SMARTS) is 1. The summed E-state index contributed by atoms with van der Waals surface area (Å²) < 4.78 is 38.0. The maximum absolute atomic E-state index is 11.7. The third kappa shape index (κ3) is 131. The van der Waals surface area contributed by atoms with Crippen LogP contribution in [0.15, 0.2) is 29.2 Å². The van der Waals surface area contributed by atoms with Crippen molar-refractivity contribution >= 4 is 124 Å². The Bertz CT molecular complexity index is 1470. The maximum atomic E-state index is 11.7. The molecule has 0 aliphatic rings. The van der Waals surface area contributed by atoms with Crippen LogP contribution in [0, 0.1) is 18.3 Å². The maximum Gasteiger partial charge on any atom is 0.407 e. The summed E-state index contributed by atoms with van der Waals surface area (Å²) >= 11 is 10.9. The van der Waals surface area contributed by atoms with Gasteiger partial charge < -0.3 is 56.6 Å². The first-order valence-electron chi connectivity index (χ1n) is 22.8. The van der Waals surface area contributed by atoms with Crippen LogP contribution in [0.3, 0.4) is 0 Å². The Labute approximate surface area is 505 Å². The molecule has 0 heterocycles. The summed E-state index contributed by atoms with van der Waals surface area (Å²) in [6, 6.07) is 8.21. The second-order valence-corrected chi connectivity index (χ2v) is 27.7. The normalized spacial score (nSPS) is 10.6. The lowest BCUT2D eigenvalue weighted by Gasteiger charge is -2.21. The number of alkyl carbamates (subject to hydrolysis) is 1. The average Bonchev–Trinajstić information content (AvgIpc) is 3.14. The average molecular weight is 1550 g/mol. The number of carbonyl (C=O) groups is 2. The number of nitrogens with two attached hydrogens (primary N) is 1. The summed E-state index contributed by atoms with van der Waals surface area (Å²) in [4.78, 5) is 21.0. The number of ether oxygens (including phenoxy) is 1. The van der Waals surface area contributed by atoms with Gasteiger partial charge in [0.2, 0.25) is 0 Å². The number of aliphatic hydroxyl groups is 7. The van der Waals surface area contributed by atoms with Gasteiger partial charge in [0.1, 0.15) is 5.60 Å². The monoisotopic (exact) mass is 1550 g/mol. The van der Waals surface area contributed by atoms with Gasteiger partial charge in [0.25, 0.3) is 10.1 Å². The van der Waals surface area contributed by atoms with Gasteiger partial charge in [-0.25, -0.2) is 9.59 Å². The minimum absolute atomic E-state index is 0. The molecular weight excluding hydrogens is 1440 g/mol. The number of aryl methyl sites for hydroxylation is 1. The number of hydrogen-bond donors (Lipinski definition) is 10. The van der Waals surface area contributed by atoms with Gasteiger partial charge in [-0.05, 0) is 173 Å². The lowest BCUT2D eigenvalue weighted by Crippen LogP contribution is -2.35. The number of aliphatic hydroxyl groups excluding tert-OH is 1. The molecule has 0 aromatic heterocycles. The van der Waals surface area contributed by atoms with Crippen LogP contribution >= 0.6 is 102 Å². The molecule has 0 atom stereocenters. The number of nitrogens with zero attached hydrogens (tertiary/aromatic N) is 1. The van der Waals surface area contributed by atoms with Crippen LogP contribution in [-0.4, -0.2) is 157 Å². The van der Waals surface area contributed by atoms with Gasteiger partial charge in [-0.15, -0.1) is 0 Å². The summed E-state index contributed by atoms with van der Waals surface area (Å²) in [5.74, 6) is -1.20. The van der Waals surface area contributed by atoms with Crippen molar-refractivity contribution in [2.24, 2.45) is 5.73 Å². The minimum Gasteiger partial charge on any atom is -0.479 e. The van der Waals surface area contributed by atoms with Crippen LogP contribution in [0.25, 0.3) is 0 Å². The zero-order valence-electron chi connectivity index (χ0n) is 48.0. The first-order valence-corrected chi connectivity index (χ1v) is 32.0. The lowest BCUT2D eigenvalue weighted by atomic mass is 10.1. The van der Waals surface area contributed by atoms with Gasteiger partial charge in [0.05, 0.1) is 58.6 Å². The van der Waals surface area contributed by atoms with Gasteiger partial charge in [0, 0.05) is 6.54 Å². The van der Waals surface area contributed by atoms with E-state index in [1.54, 1.807) is 79.3 Å². The lowest BCUT2D eigenvalue weighted by molar-refractivity contribution is -0.154. The Kier molecular flexibility index (Phi) is 77.1. The highest BCUT2D eigenvalue weighted by atomic mass is 127. The largest absolute Gasteiger partial charge is 0.479 e. The van der Waals surface area contributed by atoms with Gasteiger partial charge in [-0.1, -0.05) is 143 Å². The van der Waals surface area contributed by atoms with E-state index in [0.717, 1.165) is 5.56 Å². The van der Waals surface area contributed by atoms with Gasteiger partial charge in [0.15, 0.2) is 5.60 Å². The molecule has 1 rings (SSSR count). The number of benzene rings is 1. The van der Waals surface area contributed by atoms with Crippen LogP contribution < -0.4 is 11.1 Å². The molecule has 0 saturated carbocycles. The number of alkyl halides is 4. The van der Waals surface area contributed by atoms with Crippen molar-refractivity contribution < 1.29 is 67.8 Å². The zero-order chi connectivity index (χ0) is 60.5.